The first kappa shape index (κ1) is 8.72. The molecule has 0 unspecified atom stereocenters. The molecular weight excluding hydrogens is 172 g/mol. The van der Waals surface area contributed by atoms with Crippen molar-refractivity contribution in [3.63, 3.8) is 0 Å². The molecule has 1 heteroatoms. The maximum atomic E-state index is 5.85. The van der Waals surface area contributed by atoms with Gasteiger partial charge >= 0.3 is 0 Å². The van der Waals surface area contributed by atoms with Crippen LogP contribution in [-0.2, 0) is 4.74 Å². The fourth-order valence-corrected chi connectivity index (χ4v) is 3.88. The molecule has 0 aliphatic heterocycles. The van der Waals surface area contributed by atoms with Gasteiger partial charge in [0.15, 0.2) is 0 Å². The van der Waals surface area contributed by atoms with Gasteiger partial charge in [0.25, 0.3) is 0 Å². The standard InChI is InChI=1S/C13H18O/c1-2-6-14-13-8-9-7-12(13)11-5-3-4-10(9)11/h2-4,9-13H,1,5-8H2/t9-,10+,11-,12+,13+/m0/s1. The minimum Gasteiger partial charge on any atom is -0.374 e. The zero-order chi connectivity index (χ0) is 9.54. The molecule has 0 amide bonds. The zero-order valence-corrected chi connectivity index (χ0v) is 8.56. The van der Waals surface area contributed by atoms with Crippen LogP contribution in [0, 0.1) is 23.7 Å². The van der Waals surface area contributed by atoms with Gasteiger partial charge in [0.2, 0.25) is 0 Å². The molecule has 3 aliphatic rings. The van der Waals surface area contributed by atoms with Gasteiger partial charge in [0.1, 0.15) is 0 Å². The Morgan fingerprint density at radius 2 is 2.29 bits per heavy atom. The van der Waals surface area contributed by atoms with E-state index >= 15 is 0 Å². The van der Waals surface area contributed by atoms with E-state index in [9.17, 15) is 0 Å². The summed E-state index contributed by atoms with van der Waals surface area (Å²) in [4.78, 5) is 0. The predicted molar refractivity (Wildman–Crippen MR) is 56.9 cm³/mol. The van der Waals surface area contributed by atoms with Gasteiger partial charge in [-0.25, -0.2) is 0 Å². The van der Waals surface area contributed by atoms with E-state index in [1.165, 1.54) is 19.3 Å². The highest BCUT2D eigenvalue weighted by molar-refractivity contribution is 5.14. The number of allylic oxidation sites excluding steroid dienone is 2. The first-order valence-electron chi connectivity index (χ1n) is 5.79. The third-order valence-electron chi connectivity index (χ3n) is 4.37. The van der Waals surface area contributed by atoms with Crippen molar-refractivity contribution in [1.82, 2.24) is 0 Å². The first-order valence-corrected chi connectivity index (χ1v) is 5.79. The topological polar surface area (TPSA) is 9.23 Å². The third kappa shape index (κ3) is 1.12. The van der Waals surface area contributed by atoms with Gasteiger partial charge < -0.3 is 4.74 Å². The molecule has 0 heterocycles. The molecular formula is C13H18O. The molecule has 1 nitrogen and oxygen atoms in total. The molecule has 0 N–H and O–H groups in total. The molecule has 3 rings (SSSR count). The Kier molecular flexibility index (Phi) is 2.01. The van der Waals surface area contributed by atoms with Crippen molar-refractivity contribution in [2.75, 3.05) is 6.61 Å². The summed E-state index contributed by atoms with van der Waals surface area (Å²) in [5, 5.41) is 0. The summed E-state index contributed by atoms with van der Waals surface area (Å²) in [6.07, 6.45) is 11.3. The van der Waals surface area contributed by atoms with E-state index in [2.05, 4.69) is 18.7 Å². The highest BCUT2D eigenvalue weighted by atomic mass is 16.5. The molecule has 76 valence electrons. The van der Waals surface area contributed by atoms with Gasteiger partial charge in [-0.05, 0) is 42.9 Å². The van der Waals surface area contributed by atoms with Crippen LogP contribution in [0.3, 0.4) is 0 Å². The lowest BCUT2D eigenvalue weighted by molar-refractivity contribution is 0.00693. The molecule has 2 bridgehead atoms. The van der Waals surface area contributed by atoms with Gasteiger partial charge in [-0.3, -0.25) is 0 Å². The van der Waals surface area contributed by atoms with Crippen LogP contribution in [0.5, 0.6) is 0 Å². The summed E-state index contributed by atoms with van der Waals surface area (Å²) >= 11 is 0. The van der Waals surface area contributed by atoms with Gasteiger partial charge in [-0.2, -0.15) is 0 Å². The van der Waals surface area contributed by atoms with Crippen molar-refractivity contribution >= 4 is 0 Å². The van der Waals surface area contributed by atoms with E-state index < -0.39 is 0 Å². The number of fused-ring (bicyclic) bond motifs is 5. The van der Waals surface area contributed by atoms with Crippen LogP contribution >= 0.6 is 0 Å². The minimum absolute atomic E-state index is 0.541. The minimum atomic E-state index is 0.541. The number of hydrogen-bond acceptors (Lipinski definition) is 1. The summed E-state index contributed by atoms with van der Waals surface area (Å²) < 4.78 is 5.85. The molecule has 0 aromatic rings. The van der Waals surface area contributed by atoms with Gasteiger partial charge in [0.05, 0.1) is 12.7 Å². The molecule has 2 fully saturated rings. The molecule has 0 spiro atoms. The SMILES string of the molecule is C=CCO[C@@H]1C[C@@H]2C[C@@H]1[C@H]1CC=C[C@H]21. The van der Waals surface area contributed by atoms with Gasteiger partial charge in [-0.15, -0.1) is 6.58 Å². The molecule has 0 saturated heterocycles. The Balaban J connectivity index is 1.69. The third-order valence-corrected chi connectivity index (χ3v) is 4.37. The van der Waals surface area contributed by atoms with E-state index in [1.54, 1.807) is 0 Å². The highest BCUT2D eigenvalue weighted by Gasteiger charge is 2.52. The van der Waals surface area contributed by atoms with Crippen LogP contribution in [0.25, 0.3) is 0 Å². The summed E-state index contributed by atoms with van der Waals surface area (Å²) in [7, 11) is 0. The summed E-state index contributed by atoms with van der Waals surface area (Å²) in [5.41, 5.74) is 0. The van der Waals surface area contributed by atoms with Crippen molar-refractivity contribution in [2.45, 2.75) is 25.4 Å². The van der Waals surface area contributed by atoms with Crippen LogP contribution in [0.2, 0.25) is 0 Å². The van der Waals surface area contributed by atoms with Crippen molar-refractivity contribution in [1.29, 1.82) is 0 Å². The summed E-state index contributed by atoms with van der Waals surface area (Å²) in [5.74, 6) is 3.60. The van der Waals surface area contributed by atoms with Crippen LogP contribution in [0.15, 0.2) is 24.8 Å². The average molecular weight is 190 g/mol. The number of rotatable bonds is 3. The van der Waals surface area contributed by atoms with Gasteiger partial charge in [-0.1, -0.05) is 18.2 Å². The lowest BCUT2D eigenvalue weighted by Gasteiger charge is -2.31. The second kappa shape index (κ2) is 3.23. The summed E-state index contributed by atoms with van der Waals surface area (Å²) in [6, 6.07) is 0. The molecule has 2 saturated carbocycles. The Morgan fingerprint density at radius 1 is 1.36 bits per heavy atom. The van der Waals surface area contributed by atoms with Crippen LogP contribution in [0.1, 0.15) is 19.3 Å². The average Bonchev–Trinajstić information content (AvgIpc) is 2.85. The maximum Gasteiger partial charge on any atom is 0.0648 e. The van der Waals surface area contributed by atoms with Crippen LogP contribution in [-0.4, -0.2) is 12.7 Å². The quantitative estimate of drug-likeness (QED) is 0.622. The van der Waals surface area contributed by atoms with Crippen molar-refractivity contribution in [3.05, 3.63) is 24.8 Å². The van der Waals surface area contributed by atoms with Crippen LogP contribution in [0.4, 0.5) is 0 Å². The monoisotopic (exact) mass is 190 g/mol. The Labute approximate surface area is 85.8 Å². The van der Waals surface area contributed by atoms with E-state index in [-0.39, 0.29) is 0 Å². The molecule has 5 atom stereocenters. The molecule has 14 heavy (non-hydrogen) atoms. The highest BCUT2D eigenvalue weighted by Crippen LogP contribution is 2.57. The Bertz CT molecular complexity index is 268. The molecule has 0 aromatic heterocycles. The van der Waals surface area contributed by atoms with Crippen molar-refractivity contribution in [2.24, 2.45) is 23.7 Å². The summed E-state index contributed by atoms with van der Waals surface area (Å²) in [6.45, 7) is 4.45. The lowest BCUT2D eigenvalue weighted by Crippen LogP contribution is -2.30. The lowest BCUT2D eigenvalue weighted by atomic mass is 9.80. The number of ether oxygens (including phenoxy) is 1. The number of hydrogen-bond donors (Lipinski definition) is 0. The molecule has 0 radical (unpaired) electrons. The van der Waals surface area contributed by atoms with Crippen LogP contribution < -0.4 is 0 Å². The largest absolute Gasteiger partial charge is 0.374 e. The van der Waals surface area contributed by atoms with E-state index in [0.717, 1.165) is 30.3 Å². The fraction of sp³-hybridized carbons (Fsp3) is 0.692. The smallest absolute Gasteiger partial charge is 0.0648 e. The van der Waals surface area contributed by atoms with E-state index in [1.807, 2.05) is 6.08 Å². The Morgan fingerprint density at radius 3 is 3.14 bits per heavy atom. The zero-order valence-electron chi connectivity index (χ0n) is 8.56. The van der Waals surface area contributed by atoms with E-state index in [0.29, 0.717) is 6.10 Å². The predicted octanol–water partition coefficient (Wildman–Crippen LogP) is 2.79. The maximum absolute atomic E-state index is 5.85. The molecule has 3 aliphatic carbocycles. The second-order valence-corrected chi connectivity index (χ2v) is 4.96. The van der Waals surface area contributed by atoms with Crippen molar-refractivity contribution < 1.29 is 4.74 Å². The normalized spacial score (nSPS) is 48.4. The molecule has 0 aromatic carbocycles. The first-order chi connectivity index (χ1) is 6.90. The fourth-order valence-electron chi connectivity index (χ4n) is 3.88. The second-order valence-electron chi connectivity index (χ2n) is 4.96. The van der Waals surface area contributed by atoms with E-state index in [4.69, 9.17) is 4.74 Å². The van der Waals surface area contributed by atoms with Gasteiger partial charge in [0, 0.05) is 0 Å². The Hall–Kier alpha value is -0.560. The van der Waals surface area contributed by atoms with Crippen molar-refractivity contribution in [3.8, 4) is 0 Å².